The number of ether oxygens (including phenoxy) is 1. The van der Waals surface area contributed by atoms with E-state index in [1.165, 1.54) is 6.92 Å². The van der Waals surface area contributed by atoms with Gasteiger partial charge in [-0.3, -0.25) is 14.1 Å². The summed E-state index contributed by atoms with van der Waals surface area (Å²) < 4.78 is 33.5. The molecule has 0 aromatic heterocycles. The molecule has 2 unspecified atom stereocenters. The Morgan fingerprint density at radius 2 is 1.83 bits per heavy atom. The van der Waals surface area contributed by atoms with E-state index >= 15 is 0 Å². The molecule has 0 aliphatic carbocycles. The quantitative estimate of drug-likeness (QED) is 0.325. The highest BCUT2D eigenvalue weighted by Crippen LogP contribution is 2.21. The SMILES string of the molecule is CC1C(=O)OC(=O)C1S(=O)(=O)O. The van der Waals surface area contributed by atoms with Crippen molar-refractivity contribution in [1.29, 1.82) is 0 Å². The molecule has 0 aromatic rings. The van der Waals surface area contributed by atoms with Gasteiger partial charge in [0.05, 0.1) is 5.92 Å². The molecule has 7 heteroatoms. The lowest BCUT2D eigenvalue weighted by Crippen LogP contribution is -2.30. The first kappa shape index (κ1) is 9.14. The second-order valence-electron chi connectivity index (χ2n) is 2.46. The van der Waals surface area contributed by atoms with E-state index in [-0.39, 0.29) is 0 Å². The second-order valence-corrected chi connectivity index (χ2v) is 4.00. The van der Waals surface area contributed by atoms with Crippen LogP contribution in [0.15, 0.2) is 0 Å². The van der Waals surface area contributed by atoms with Crippen LogP contribution in [0.3, 0.4) is 0 Å². The van der Waals surface area contributed by atoms with Crippen LogP contribution in [-0.2, 0) is 24.4 Å². The summed E-state index contributed by atoms with van der Waals surface area (Å²) in [5.74, 6) is -3.27. The lowest BCUT2D eigenvalue weighted by Gasteiger charge is -2.02. The van der Waals surface area contributed by atoms with E-state index in [2.05, 4.69) is 4.74 Å². The topological polar surface area (TPSA) is 97.7 Å². The molecule has 6 nitrogen and oxygen atoms in total. The fourth-order valence-corrected chi connectivity index (χ4v) is 1.88. The number of esters is 2. The summed E-state index contributed by atoms with van der Waals surface area (Å²) in [7, 11) is -4.53. The van der Waals surface area contributed by atoms with Crippen LogP contribution in [0.25, 0.3) is 0 Å². The van der Waals surface area contributed by atoms with Crippen molar-refractivity contribution in [1.82, 2.24) is 0 Å². The highest BCUT2D eigenvalue weighted by molar-refractivity contribution is 7.87. The zero-order valence-corrected chi connectivity index (χ0v) is 6.87. The monoisotopic (exact) mass is 194 g/mol. The fraction of sp³-hybridized carbons (Fsp3) is 0.600. The highest BCUT2D eigenvalue weighted by Gasteiger charge is 2.49. The van der Waals surface area contributed by atoms with Gasteiger partial charge in [-0.1, -0.05) is 0 Å². The molecule has 1 N–H and O–H groups in total. The van der Waals surface area contributed by atoms with Crippen LogP contribution in [0, 0.1) is 5.92 Å². The number of carbonyl (C=O) groups excluding carboxylic acids is 2. The van der Waals surface area contributed by atoms with E-state index in [1.54, 1.807) is 0 Å². The molecule has 1 fully saturated rings. The number of cyclic esters (lactones) is 2. The Balaban J connectivity index is 3.08. The Labute approximate surface area is 68.3 Å². The number of hydrogen-bond acceptors (Lipinski definition) is 5. The van der Waals surface area contributed by atoms with Gasteiger partial charge in [0.25, 0.3) is 10.1 Å². The Bertz CT molecular complexity index is 328. The van der Waals surface area contributed by atoms with Gasteiger partial charge in [0, 0.05) is 0 Å². The Kier molecular flexibility index (Phi) is 1.92. The highest BCUT2D eigenvalue weighted by atomic mass is 32.2. The van der Waals surface area contributed by atoms with E-state index in [4.69, 9.17) is 4.55 Å². The molecule has 0 amide bonds. The molecular formula is C5H6O6S. The van der Waals surface area contributed by atoms with Crippen LogP contribution in [0.5, 0.6) is 0 Å². The Hall–Kier alpha value is -0.950. The molecule has 68 valence electrons. The molecular weight excluding hydrogens is 188 g/mol. The van der Waals surface area contributed by atoms with E-state index in [0.29, 0.717) is 0 Å². The summed E-state index contributed by atoms with van der Waals surface area (Å²) in [5.41, 5.74) is 0. The molecule has 1 rings (SSSR count). The van der Waals surface area contributed by atoms with Crippen LogP contribution < -0.4 is 0 Å². The Morgan fingerprint density at radius 3 is 2.00 bits per heavy atom. The molecule has 0 bridgehead atoms. The molecule has 12 heavy (non-hydrogen) atoms. The predicted molar refractivity (Wildman–Crippen MR) is 35.6 cm³/mol. The van der Waals surface area contributed by atoms with Gasteiger partial charge >= 0.3 is 11.9 Å². The van der Waals surface area contributed by atoms with Gasteiger partial charge in [0.15, 0.2) is 5.25 Å². The van der Waals surface area contributed by atoms with Crippen molar-refractivity contribution in [2.45, 2.75) is 12.2 Å². The van der Waals surface area contributed by atoms with Crippen LogP contribution in [-0.4, -0.2) is 30.2 Å². The largest absolute Gasteiger partial charge is 0.392 e. The van der Waals surface area contributed by atoms with Crippen molar-refractivity contribution in [2.24, 2.45) is 5.92 Å². The minimum absolute atomic E-state index is 0.928. The van der Waals surface area contributed by atoms with Crippen molar-refractivity contribution in [3.63, 3.8) is 0 Å². The van der Waals surface area contributed by atoms with Gasteiger partial charge in [0.2, 0.25) is 0 Å². The molecule has 0 spiro atoms. The van der Waals surface area contributed by atoms with E-state index in [9.17, 15) is 18.0 Å². The van der Waals surface area contributed by atoms with Crippen molar-refractivity contribution in [2.75, 3.05) is 0 Å². The van der Waals surface area contributed by atoms with Crippen LogP contribution >= 0.6 is 0 Å². The number of rotatable bonds is 1. The molecule has 0 saturated carbocycles. The van der Waals surface area contributed by atoms with Crippen LogP contribution in [0.1, 0.15) is 6.92 Å². The minimum atomic E-state index is -4.53. The smallest absolute Gasteiger partial charge is 0.335 e. The van der Waals surface area contributed by atoms with Gasteiger partial charge in [-0.05, 0) is 6.92 Å². The normalized spacial score (nSPS) is 30.5. The van der Waals surface area contributed by atoms with Gasteiger partial charge in [-0.2, -0.15) is 8.42 Å². The third kappa shape index (κ3) is 1.32. The molecule has 1 heterocycles. The first-order chi connectivity index (χ1) is 5.34. The summed E-state index contributed by atoms with van der Waals surface area (Å²) in [6.45, 7) is 1.20. The summed E-state index contributed by atoms with van der Waals surface area (Å²) in [4.78, 5) is 21.3. The van der Waals surface area contributed by atoms with Crippen molar-refractivity contribution < 1.29 is 27.3 Å². The molecule has 1 aliphatic rings. The fourth-order valence-electron chi connectivity index (χ4n) is 0.957. The zero-order chi connectivity index (χ0) is 9.52. The predicted octanol–water partition coefficient (Wildman–Crippen LogP) is -1.04. The summed E-state index contributed by atoms with van der Waals surface area (Å²) in [6.07, 6.45) is 0. The summed E-state index contributed by atoms with van der Waals surface area (Å²) >= 11 is 0. The molecule has 1 saturated heterocycles. The van der Waals surface area contributed by atoms with Gasteiger partial charge < -0.3 is 4.74 Å². The minimum Gasteiger partial charge on any atom is -0.392 e. The van der Waals surface area contributed by atoms with Gasteiger partial charge in [-0.15, -0.1) is 0 Å². The average molecular weight is 194 g/mol. The standard InChI is InChI=1S/C5H6O6S/c1-2-3(12(8,9)10)5(7)11-4(2)6/h2-3H,1H3,(H,8,9,10). The zero-order valence-electron chi connectivity index (χ0n) is 6.05. The molecule has 0 aromatic carbocycles. The van der Waals surface area contributed by atoms with E-state index in [0.717, 1.165) is 0 Å². The Morgan fingerprint density at radius 1 is 1.33 bits per heavy atom. The number of carbonyl (C=O) groups is 2. The third-order valence-electron chi connectivity index (χ3n) is 1.58. The first-order valence-electron chi connectivity index (χ1n) is 3.06. The van der Waals surface area contributed by atoms with E-state index in [1.807, 2.05) is 0 Å². The third-order valence-corrected chi connectivity index (χ3v) is 2.82. The van der Waals surface area contributed by atoms with Gasteiger partial charge in [-0.25, -0.2) is 0 Å². The van der Waals surface area contributed by atoms with Crippen LogP contribution in [0.2, 0.25) is 0 Å². The maximum absolute atomic E-state index is 10.7. The molecule has 0 radical (unpaired) electrons. The van der Waals surface area contributed by atoms with Crippen molar-refractivity contribution in [3.8, 4) is 0 Å². The average Bonchev–Trinajstić information content (AvgIpc) is 2.05. The lowest BCUT2D eigenvalue weighted by molar-refractivity contribution is -0.152. The van der Waals surface area contributed by atoms with E-state index < -0.39 is 33.2 Å². The molecule has 1 aliphatic heterocycles. The molecule has 2 atom stereocenters. The summed E-state index contributed by atoms with van der Waals surface area (Å²) in [6, 6.07) is 0. The second kappa shape index (κ2) is 2.53. The summed E-state index contributed by atoms with van der Waals surface area (Å²) in [5, 5.41) is -1.76. The first-order valence-corrected chi connectivity index (χ1v) is 4.56. The maximum atomic E-state index is 10.7. The number of hydrogen-bond donors (Lipinski definition) is 1. The van der Waals surface area contributed by atoms with Crippen molar-refractivity contribution >= 4 is 22.1 Å². The van der Waals surface area contributed by atoms with Crippen LogP contribution in [0.4, 0.5) is 0 Å². The lowest BCUT2D eigenvalue weighted by atomic mass is 10.1. The van der Waals surface area contributed by atoms with Crippen molar-refractivity contribution in [3.05, 3.63) is 0 Å². The maximum Gasteiger partial charge on any atom is 0.335 e. The van der Waals surface area contributed by atoms with Gasteiger partial charge in [0.1, 0.15) is 0 Å².